The molecular formula is C19H14N4O4. The van der Waals surface area contributed by atoms with Crippen LogP contribution in [-0.2, 0) is 0 Å². The Balaban J connectivity index is 2.00. The van der Waals surface area contributed by atoms with Crippen LogP contribution in [-0.4, -0.2) is 43.2 Å². The number of ether oxygens (including phenoxy) is 1. The van der Waals surface area contributed by atoms with E-state index in [4.69, 9.17) is 4.74 Å². The van der Waals surface area contributed by atoms with E-state index in [0.717, 1.165) is 10.1 Å². The molecule has 0 fully saturated rings. The number of carbonyl (C=O) groups is 1. The number of phenols is 1. The Hall–Kier alpha value is -3.94. The zero-order valence-corrected chi connectivity index (χ0v) is 14.2. The van der Waals surface area contributed by atoms with Crippen LogP contribution >= 0.6 is 0 Å². The predicted molar refractivity (Wildman–Crippen MR) is 97.8 cm³/mol. The Morgan fingerprint density at radius 2 is 1.85 bits per heavy atom. The minimum atomic E-state index is -1.19. The van der Waals surface area contributed by atoms with E-state index in [1.807, 2.05) is 0 Å². The summed E-state index contributed by atoms with van der Waals surface area (Å²) in [6.07, 6.45) is 2.09. The summed E-state index contributed by atoms with van der Waals surface area (Å²) in [4.78, 5) is 15.9. The maximum atomic E-state index is 11.9. The molecule has 134 valence electrons. The third kappa shape index (κ3) is 2.82. The van der Waals surface area contributed by atoms with Crippen LogP contribution in [0.25, 0.3) is 33.4 Å². The molecule has 0 saturated carbocycles. The van der Waals surface area contributed by atoms with E-state index in [9.17, 15) is 15.0 Å². The van der Waals surface area contributed by atoms with Gasteiger partial charge in [-0.2, -0.15) is 0 Å². The maximum absolute atomic E-state index is 11.9. The van der Waals surface area contributed by atoms with Gasteiger partial charge in [-0.15, -0.1) is 10.2 Å². The Morgan fingerprint density at radius 1 is 1.07 bits per heavy atom. The fourth-order valence-corrected chi connectivity index (χ4v) is 2.97. The minimum absolute atomic E-state index is 0.0213. The number of phenolic OH excluding ortho intramolecular Hbond substituents is 1. The van der Waals surface area contributed by atoms with Gasteiger partial charge in [-0.1, -0.05) is 0 Å². The lowest BCUT2D eigenvalue weighted by molar-refractivity contribution is 0.198. The first-order valence-electron chi connectivity index (χ1n) is 7.98. The van der Waals surface area contributed by atoms with Crippen molar-refractivity contribution in [2.24, 2.45) is 0 Å². The molecule has 4 rings (SSSR count). The van der Waals surface area contributed by atoms with Crippen LogP contribution < -0.4 is 4.74 Å². The molecule has 0 unspecified atom stereocenters. The highest BCUT2D eigenvalue weighted by Crippen LogP contribution is 2.35. The fraction of sp³-hybridized carbons (Fsp3) is 0.0526. The molecule has 0 bridgehead atoms. The zero-order valence-electron chi connectivity index (χ0n) is 14.2. The molecule has 3 heterocycles. The number of hydrogen-bond donors (Lipinski definition) is 2. The number of benzene rings is 1. The van der Waals surface area contributed by atoms with Gasteiger partial charge in [0.2, 0.25) is 5.88 Å². The normalized spacial score (nSPS) is 10.9. The highest BCUT2D eigenvalue weighted by Gasteiger charge is 2.21. The summed E-state index contributed by atoms with van der Waals surface area (Å²) >= 11 is 0. The first kappa shape index (κ1) is 16.5. The predicted octanol–water partition coefficient (Wildman–Crippen LogP) is 3.40. The second kappa shape index (κ2) is 6.41. The zero-order chi connectivity index (χ0) is 19.0. The number of hydrogen-bond acceptors (Lipinski definition) is 6. The number of pyridine rings is 1. The molecule has 4 aromatic rings. The summed E-state index contributed by atoms with van der Waals surface area (Å²) in [5.74, 6) is 0.175. The van der Waals surface area contributed by atoms with Crippen LogP contribution in [0, 0.1) is 0 Å². The molecule has 0 spiro atoms. The summed E-state index contributed by atoms with van der Waals surface area (Å²) in [6, 6.07) is 11.5. The fourth-order valence-electron chi connectivity index (χ4n) is 2.97. The number of methoxy groups -OCH3 is 1. The van der Waals surface area contributed by atoms with Crippen molar-refractivity contribution in [1.29, 1.82) is 0 Å². The van der Waals surface area contributed by atoms with Crippen LogP contribution in [0.5, 0.6) is 11.6 Å². The van der Waals surface area contributed by atoms with Gasteiger partial charge in [0.25, 0.3) is 0 Å². The van der Waals surface area contributed by atoms with Gasteiger partial charge in [0.05, 0.1) is 29.6 Å². The maximum Gasteiger partial charge on any atom is 0.416 e. The van der Waals surface area contributed by atoms with Crippen LogP contribution in [0.15, 0.2) is 54.9 Å². The largest absolute Gasteiger partial charge is 0.508 e. The molecule has 0 saturated heterocycles. The van der Waals surface area contributed by atoms with Gasteiger partial charge in [-0.3, -0.25) is 4.98 Å². The number of nitrogens with zero attached hydrogens (tertiary/aromatic N) is 4. The Kier molecular flexibility index (Phi) is 3.92. The summed E-state index contributed by atoms with van der Waals surface area (Å²) in [5, 5.41) is 28.4. The molecule has 0 radical (unpaired) electrons. The first-order chi connectivity index (χ1) is 13.1. The molecule has 0 aliphatic heterocycles. The Labute approximate surface area is 153 Å². The number of fused-ring (bicyclic) bond motifs is 1. The average Bonchev–Trinajstić information content (AvgIpc) is 3.06. The van der Waals surface area contributed by atoms with E-state index in [2.05, 4.69) is 15.2 Å². The molecule has 0 aliphatic carbocycles. The highest BCUT2D eigenvalue weighted by molar-refractivity contribution is 5.97. The van der Waals surface area contributed by atoms with E-state index >= 15 is 0 Å². The minimum Gasteiger partial charge on any atom is -0.508 e. The highest BCUT2D eigenvalue weighted by atomic mass is 16.5. The molecule has 2 N–H and O–H groups in total. The lowest BCUT2D eigenvalue weighted by atomic mass is 10.1. The van der Waals surface area contributed by atoms with Gasteiger partial charge in [-0.05, 0) is 36.4 Å². The van der Waals surface area contributed by atoms with Crippen LogP contribution in [0.4, 0.5) is 4.79 Å². The quantitative estimate of drug-likeness (QED) is 0.574. The van der Waals surface area contributed by atoms with Crippen LogP contribution in [0.1, 0.15) is 0 Å². The van der Waals surface area contributed by atoms with E-state index in [0.29, 0.717) is 27.9 Å². The van der Waals surface area contributed by atoms with Gasteiger partial charge in [0.15, 0.2) is 0 Å². The topological polar surface area (TPSA) is 110 Å². The van der Waals surface area contributed by atoms with E-state index in [1.165, 1.54) is 19.2 Å². The van der Waals surface area contributed by atoms with Crippen molar-refractivity contribution < 1.29 is 19.7 Å². The molecule has 1 aromatic carbocycles. The average molecular weight is 362 g/mol. The third-order valence-electron chi connectivity index (χ3n) is 4.18. The molecule has 0 amide bonds. The van der Waals surface area contributed by atoms with Gasteiger partial charge < -0.3 is 14.9 Å². The molecule has 0 atom stereocenters. The summed E-state index contributed by atoms with van der Waals surface area (Å²) in [7, 11) is 1.44. The molecule has 3 aromatic heterocycles. The van der Waals surface area contributed by atoms with Crippen molar-refractivity contribution in [2.45, 2.75) is 0 Å². The standard InChI is InChI=1S/C19H14N4O4/c1-27-18-14(10-15(21-22-18)11-4-6-20-7-5-11)17-8-12-2-3-13(24)9-16(12)23(17)19(25)26/h2-10,24H,1H3,(H,25,26). The van der Waals surface area contributed by atoms with Crippen molar-refractivity contribution in [2.75, 3.05) is 7.11 Å². The van der Waals surface area contributed by atoms with Crippen molar-refractivity contribution in [3.8, 4) is 34.1 Å². The van der Waals surface area contributed by atoms with Gasteiger partial charge in [-0.25, -0.2) is 9.36 Å². The second-order valence-electron chi connectivity index (χ2n) is 5.78. The summed E-state index contributed by atoms with van der Waals surface area (Å²) < 4.78 is 6.39. The number of aromatic nitrogens is 4. The lowest BCUT2D eigenvalue weighted by Crippen LogP contribution is -2.10. The van der Waals surface area contributed by atoms with Crippen molar-refractivity contribution in [3.05, 3.63) is 54.9 Å². The first-order valence-corrected chi connectivity index (χ1v) is 7.98. The number of aromatic hydroxyl groups is 1. The molecular weight excluding hydrogens is 348 g/mol. The van der Waals surface area contributed by atoms with Crippen LogP contribution in [0.2, 0.25) is 0 Å². The van der Waals surface area contributed by atoms with Gasteiger partial charge in [0.1, 0.15) is 5.75 Å². The number of rotatable bonds is 3. The lowest BCUT2D eigenvalue weighted by Gasteiger charge is -2.10. The summed E-state index contributed by atoms with van der Waals surface area (Å²) in [5.41, 5.74) is 2.54. The number of carboxylic acid groups (broad SMARTS) is 1. The van der Waals surface area contributed by atoms with Crippen molar-refractivity contribution >= 4 is 17.0 Å². The SMILES string of the molecule is COc1nnc(-c2ccncc2)cc1-c1cc2ccc(O)cc2n1C(=O)O. The second-order valence-corrected chi connectivity index (χ2v) is 5.78. The van der Waals surface area contributed by atoms with Crippen molar-refractivity contribution in [1.82, 2.24) is 19.7 Å². The smallest absolute Gasteiger partial charge is 0.416 e. The van der Waals surface area contributed by atoms with E-state index in [1.54, 1.807) is 42.7 Å². The Morgan fingerprint density at radius 3 is 2.56 bits per heavy atom. The summed E-state index contributed by atoms with van der Waals surface area (Å²) in [6.45, 7) is 0. The molecule has 8 heteroatoms. The molecule has 0 aliphatic rings. The van der Waals surface area contributed by atoms with Crippen LogP contribution in [0.3, 0.4) is 0 Å². The van der Waals surface area contributed by atoms with Gasteiger partial charge >= 0.3 is 6.09 Å². The monoisotopic (exact) mass is 362 g/mol. The van der Waals surface area contributed by atoms with Crippen molar-refractivity contribution in [3.63, 3.8) is 0 Å². The van der Waals surface area contributed by atoms with E-state index in [-0.39, 0.29) is 11.6 Å². The molecule has 27 heavy (non-hydrogen) atoms. The van der Waals surface area contributed by atoms with E-state index < -0.39 is 6.09 Å². The molecule has 8 nitrogen and oxygen atoms in total. The third-order valence-corrected chi connectivity index (χ3v) is 4.18. The Bertz CT molecular complexity index is 1160. The van der Waals surface area contributed by atoms with Gasteiger partial charge in [0, 0.05) is 29.4 Å².